The number of rotatable bonds is 8. The molecule has 1 amide bonds. The normalized spacial score (nSPS) is 10.4. The molecule has 0 saturated heterocycles. The average molecular weight is 414 g/mol. The maximum Gasteiger partial charge on any atom is 0.273 e. The molecule has 0 aromatic heterocycles. The molecule has 0 fully saturated rings. The SMILES string of the molecule is N#Cc1ccccc1COc1ccc(C=NNC(=O)Cc2ccccc2[N+](=O)[O-])cc1. The van der Waals surface area contributed by atoms with E-state index in [0.717, 1.165) is 11.1 Å². The molecule has 0 radical (unpaired) electrons. The van der Waals surface area contributed by atoms with Crippen LogP contribution in [0.2, 0.25) is 0 Å². The number of ether oxygens (including phenoxy) is 1. The largest absolute Gasteiger partial charge is 0.489 e. The lowest BCUT2D eigenvalue weighted by molar-refractivity contribution is -0.385. The number of nitriles is 1. The Balaban J connectivity index is 1.52. The summed E-state index contributed by atoms with van der Waals surface area (Å²) in [5.74, 6) is 0.173. The molecule has 3 rings (SSSR count). The lowest BCUT2D eigenvalue weighted by Gasteiger charge is -2.07. The molecule has 0 bridgehead atoms. The van der Waals surface area contributed by atoms with Gasteiger partial charge in [-0.3, -0.25) is 14.9 Å². The Labute approximate surface area is 178 Å². The van der Waals surface area contributed by atoms with Crippen molar-refractivity contribution in [3.8, 4) is 11.8 Å². The molecule has 8 heteroatoms. The number of amides is 1. The summed E-state index contributed by atoms with van der Waals surface area (Å²) in [4.78, 5) is 22.5. The summed E-state index contributed by atoms with van der Waals surface area (Å²) < 4.78 is 5.71. The van der Waals surface area contributed by atoms with Crippen molar-refractivity contribution >= 4 is 17.8 Å². The molecule has 3 aromatic carbocycles. The highest BCUT2D eigenvalue weighted by molar-refractivity contribution is 5.83. The molecule has 0 aliphatic rings. The minimum Gasteiger partial charge on any atom is -0.489 e. The van der Waals surface area contributed by atoms with Gasteiger partial charge in [0.05, 0.1) is 29.2 Å². The maximum atomic E-state index is 12.0. The Morgan fingerprint density at radius 3 is 2.45 bits per heavy atom. The van der Waals surface area contributed by atoms with E-state index in [2.05, 4.69) is 16.6 Å². The predicted octanol–water partition coefficient (Wildman–Crippen LogP) is 3.74. The number of para-hydroxylation sites is 1. The summed E-state index contributed by atoms with van der Waals surface area (Å²) in [6.07, 6.45) is 1.32. The number of hydrogen-bond donors (Lipinski definition) is 1. The fraction of sp³-hybridized carbons (Fsp3) is 0.0870. The first-order valence-corrected chi connectivity index (χ1v) is 9.32. The molecule has 0 aliphatic heterocycles. The van der Waals surface area contributed by atoms with E-state index in [0.29, 0.717) is 16.9 Å². The minimum atomic E-state index is -0.519. The van der Waals surface area contributed by atoms with Crippen molar-refractivity contribution in [3.63, 3.8) is 0 Å². The Bertz CT molecular complexity index is 1150. The zero-order valence-electron chi connectivity index (χ0n) is 16.4. The summed E-state index contributed by atoms with van der Waals surface area (Å²) in [5.41, 5.74) is 4.69. The van der Waals surface area contributed by atoms with Crippen LogP contribution in [0.1, 0.15) is 22.3 Å². The fourth-order valence-electron chi connectivity index (χ4n) is 2.80. The van der Waals surface area contributed by atoms with Crippen molar-refractivity contribution in [1.29, 1.82) is 5.26 Å². The Morgan fingerprint density at radius 1 is 1.06 bits per heavy atom. The summed E-state index contributed by atoms with van der Waals surface area (Å²) in [6, 6.07) is 22.5. The molecule has 0 heterocycles. The van der Waals surface area contributed by atoms with E-state index in [4.69, 9.17) is 10.00 Å². The van der Waals surface area contributed by atoms with Gasteiger partial charge in [-0.05, 0) is 35.9 Å². The maximum absolute atomic E-state index is 12.0. The number of nitro benzene ring substituents is 1. The van der Waals surface area contributed by atoms with Gasteiger partial charge in [0.1, 0.15) is 12.4 Å². The quantitative estimate of drug-likeness (QED) is 0.342. The minimum absolute atomic E-state index is 0.102. The second-order valence-corrected chi connectivity index (χ2v) is 6.48. The average Bonchev–Trinajstić information content (AvgIpc) is 2.79. The van der Waals surface area contributed by atoms with Crippen LogP contribution in [0.25, 0.3) is 0 Å². The standard InChI is InChI=1S/C23H18N4O4/c24-14-19-6-1-2-7-20(19)16-31-21-11-9-17(10-12-21)15-25-26-23(28)13-18-5-3-4-8-22(18)27(29)30/h1-12,15H,13,16H2,(H,26,28). The van der Waals surface area contributed by atoms with E-state index in [1.165, 1.54) is 18.3 Å². The van der Waals surface area contributed by atoms with Crippen LogP contribution < -0.4 is 10.2 Å². The van der Waals surface area contributed by atoms with Crippen LogP contribution in [-0.4, -0.2) is 17.0 Å². The van der Waals surface area contributed by atoms with E-state index >= 15 is 0 Å². The van der Waals surface area contributed by atoms with Crippen LogP contribution in [0.15, 0.2) is 77.9 Å². The molecule has 3 aromatic rings. The van der Waals surface area contributed by atoms with Crippen molar-refractivity contribution in [1.82, 2.24) is 5.43 Å². The number of nitrogens with one attached hydrogen (secondary N) is 1. The van der Waals surface area contributed by atoms with Crippen molar-refractivity contribution < 1.29 is 14.5 Å². The number of nitro groups is 1. The van der Waals surface area contributed by atoms with Gasteiger partial charge in [0.25, 0.3) is 5.69 Å². The van der Waals surface area contributed by atoms with Crippen LogP contribution in [0.4, 0.5) is 5.69 Å². The second kappa shape index (κ2) is 10.3. The summed E-state index contributed by atoms with van der Waals surface area (Å²) >= 11 is 0. The molecule has 31 heavy (non-hydrogen) atoms. The highest BCUT2D eigenvalue weighted by atomic mass is 16.6. The first-order valence-electron chi connectivity index (χ1n) is 9.32. The molecule has 0 spiro atoms. The van der Waals surface area contributed by atoms with Gasteiger partial charge in [0.2, 0.25) is 5.91 Å². The van der Waals surface area contributed by atoms with E-state index in [-0.39, 0.29) is 18.7 Å². The molecule has 154 valence electrons. The van der Waals surface area contributed by atoms with Crippen molar-refractivity contribution in [2.45, 2.75) is 13.0 Å². The van der Waals surface area contributed by atoms with Gasteiger partial charge in [-0.1, -0.05) is 36.4 Å². The molecular weight excluding hydrogens is 396 g/mol. The second-order valence-electron chi connectivity index (χ2n) is 6.48. The van der Waals surface area contributed by atoms with Crippen LogP contribution in [0, 0.1) is 21.4 Å². The van der Waals surface area contributed by atoms with Crippen LogP contribution in [-0.2, 0) is 17.8 Å². The third-order valence-electron chi connectivity index (χ3n) is 4.35. The van der Waals surface area contributed by atoms with Crippen molar-refractivity contribution in [2.24, 2.45) is 5.10 Å². The lowest BCUT2D eigenvalue weighted by atomic mass is 10.1. The number of nitrogens with zero attached hydrogens (tertiary/aromatic N) is 3. The summed E-state index contributed by atoms with van der Waals surface area (Å²) in [7, 11) is 0. The number of carbonyl (C=O) groups is 1. The molecule has 0 saturated carbocycles. The molecule has 0 atom stereocenters. The van der Waals surface area contributed by atoms with Crippen LogP contribution in [0.3, 0.4) is 0 Å². The third kappa shape index (κ3) is 5.98. The van der Waals surface area contributed by atoms with E-state index < -0.39 is 10.8 Å². The van der Waals surface area contributed by atoms with E-state index in [1.54, 1.807) is 48.5 Å². The number of carbonyl (C=O) groups excluding carboxylic acids is 1. The molecule has 0 unspecified atom stereocenters. The Kier molecular flexibility index (Phi) is 7.06. The van der Waals surface area contributed by atoms with Crippen molar-refractivity contribution in [3.05, 3.63) is 105 Å². The monoisotopic (exact) mass is 414 g/mol. The molecule has 8 nitrogen and oxygen atoms in total. The van der Waals surface area contributed by atoms with Gasteiger partial charge < -0.3 is 4.74 Å². The van der Waals surface area contributed by atoms with Gasteiger partial charge in [-0.15, -0.1) is 0 Å². The third-order valence-corrected chi connectivity index (χ3v) is 4.35. The predicted molar refractivity (Wildman–Crippen MR) is 114 cm³/mol. The van der Waals surface area contributed by atoms with Crippen molar-refractivity contribution in [2.75, 3.05) is 0 Å². The molecule has 1 N–H and O–H groups in total. The summed E-state index contributed by atoms with van der Waals surface area (Å²) in [5, 5.41) is 24.0. The Morgan fingerprint density at radius 2 is 1.74 bits per heavy atom. The number of benzene rings is 3. The van der Waals surface area contributed by atoms with Crippen LogP contribution in [0.5, 0.6) is 5.75 Å². The van der Waals surface area contributed by atoms with E-state index in [1.807, 2.05) is 12.1 Å². The lowest BCUT2D eigenvalue weighted by Crippen LogP contribution is -2.20. The zero-order valence-corrected chi connectivity index (χ0v) is 16.4. The van der Waals surface area contributed by atoms with Crippen LogP contribution >= 0.6 is 0 Å². The van der Waals surface area contributed by atoms with E-state index in [9.17, 15) is 14.9 Å². The van der Waals surface area contributed by atoms with Gasteiger partial charge in [-0.2, -0.15) is 10.4 Å². The first-order chi connectivity index (χ1) is 15.1. The number of hydrogen-bond acceptors (Lipinski definition) is 6. The van der Waals surface area contributed by atoms with Gasteiger partial charge >= 0.3 is 0 Å². The highest BCUT2D eigenvalue weighted by Crippen LogP contribution is 2.18. The number of hydrazone groups is 1. The summed E-state index contributed by atoms with van der Waals surface area (Å²) in [6.45, 7) is 0.277. The molecular formula is C23H18N4O4. The topological polar surface area (TPSA) is 118 Å². The zero-order chi connectivity index (χ0) is 22.1. The van der Waals surface area contributed by atoms with Gasteiger partial charge in [0, 0.05) is 17.2 Å². The smallest absolute Gasteiger partial charge is 0.273 e. The Hall–Kier alpha value is -4.51. The highest BCUT2D eigenvalue weighted by Gasteiger charge is 2.15. The fourth-order valence-corrected chi connectivity index (χ4v) is 2.80. The first kappa shape index (κ1) is 21.2. The van der Waals surface area contributed by atoms with Gasteiger partial charge in [0.15, 0.2) is 0 Å². The molecule has 0 aliphatic carbocycles. The van der Waals surface area contributed by atoms with Gasteiger partial charge in [-0.25, -0.2) is 5.43 Å².